The molecule has 1 fully saturated rings. The van der Waals surface area contributed by atoms with Crippen molar-refractivity contribution in [2.45, 2.75) is 25.8 Å². The van der Waals surface area contributed by atoms with Crippen LogP contribution in [0.3, 0.4) is 0 Å². The van der Waals surface area contributed by atoms with Crippen LogP contribution in [-0.2, 0) is 4.79 Å². The number of anilines is 1. The number of likely N-dealkylation sites (tertiary alicyclic amines) is 1. The molecule has 116 valence electrons. The Morgan fingerprint density at radius 1 is 1.41 bits per heavy atom. The van der Waals surface area contributed by atoms with Crippen LogP contribution in [0.15, 0.2) is 35.7 Å². The van der Waals surface area contributed by atoms with Crippen molar-refractivity contribution >= 4 is 34.5 Å². The molecule has 3 rings (SSSR count). The van der Waals surface area contributed by atoms with Gasteiger partial charge in [-0.2, -0.15) is 0 Å². The van der Waals surface area contributed by atoms with Gasteiger partial charge in [-0.05, 0) is 36.1 Å². The molecule has 0 saturated carbocycles. The minimum atomic E-state index is 0.0591. The predicted molar refractivity (Wildman–Crippen MR) is 91.8 cm³/mol. The van der Waals surface area contributed by atoms with Gasteiger partial charge >= 0.3 is 0 Å². The Labute approximate surface area is 139 Å². The molecule has 1 amide bonds. The first-order chi connectivity index (χ1) is 10.6. The van der Waals surface area contributed by atoms with Gasteiger partial charge in [-0.15, -0.1) is 11.3 Å². The topological polar surface area (TPSA) is 33.5 Å². The fourth-order valence-electron chi connectivity index (χ4n) is 3.10. The second kappa shape index (κ2) is 6.82. The van der Waals surface area contributed by atoms with Gasteiger partial charge in [-0.1, -0.05) is 23.7 Å². The van der Waals surface area contributed by atoms with Crippen LogP contribution in [-0.4, -0.2) is 19.0 Å². The standard InChI is InChI=1S/C17H19ClN2OS/c1-12-13(18)5-2-6-14(12)19-17(21)11-20-9-3-7-15(20)16-8-4-10-22-16/h2,4-6,8,10,15H,3,7,9,11H2,1H3,(H,19,21)/p+1/t15-/m1/s1. The molecular formula is C17H20ClN2OS+. The average Bonchev–Trinajstić information content (AvgIpc) is 3.14. The van der Waals surface area contributed by atoms with E-state index in [0.29, 0.717) is 17.6 Å². The van der Waals surface area contributed by atoms with Gasteiger partial charge in [-0.3, -0.25) is 4.79 Å². The minimum Gasteiger partial charge on any atom is -0.321 e. The van der Waals surface area contributed by atoms with E-state index in [1.54, 1.807) is 11.3 Å². The fourth-order valence-corrected chi connectivity index (χ4v) is 4.19. The van der Waals surface area contributed by atoms with Gasteiger partial charge in [0.25, 0.3) is 5.91 Å². The van der Waals surface area contributed by atoms with Crippen LogP contribution in [0, 0.1) is 6.92 Å². The number of rotatable bonds is 4. The number of carbonyl (C=O) groups excluding carboxylic acids is 1. The third kappa shape index (κ3) is 3.35. The zero-order chi connectivity index (χ0) is 15.5. The summed E-state index contributed by atoms with van der Waals surface area (Å²) in [7, 11) is 0. The Morgan fingerprint density at radius 2 is 2.27 bits per heavy atom. The van der Waals surface area contributed by atoms with E-state index in [1.807, 2.05) is 25.1 Å². The van der Waals surface area contributed by atoms with Gasteiger partial charge in [0.2, 0.25) is 0 Å². The van der Waals surface area contributed by atoms with Crippen molar-refractivity contribution in [3.05, 3.63) is 51.2 Å². The Bertz CT molecular complexity index is 657. The molecular weight excluding hydrogens is 316 g/mol. The van der Waals surface area contributed by atoms with Crippen molar-refractivity contribution in [1.82, 2.24) is 0 Å². The third-order valence-electron chi connectivity index (χ3n) is 4.30. The molecule has 2 heterocycles. The van der Waals surface area contributed by atoms with E-state index in [2.05, 4.69) is 22.8 Å². The summed E-state index contributed by atoms with van der Waals surface area (Å²) >= 11 is 7.89. The number of halogens is 1. The van der Waals surface area contributed by atoms with Gasteiger partial charge in [0, 0.05) is 23.6 Å². The molecule has 2 aromatic rings. The molecule has 3 nitrogen and oxygen atoms in total. The van der Waals surface area contributed by atoms with Crippen molar-refractivity contribution < 1.29 is 9.69 Å². The normalized spacial score (nSPS) is 21.0. The van der Waals surface area contributed by atoms with Crippen molar-refractivity contribution in [3.8, 4) is 0 Å². The second-order valence-electron chi connectivity index (χ2n) is 5.76. The molecule has 22 heavy (non-hydrogen) atoms. The molecule has 1 saturated heterocycles. The first kappa shape index (κ1) is 15.5. The number of thiophene rings is 1. The lowest BCUT2D eigenvalue weighted by molar-refractivity contribution is -0.910. The van der Waals surface area contributed by atoms with Crippen molar-refractivity contribution in [2.75, 3.05) is 18.4 Å². The first-order valence-electron chi connectivity index (χ1n) is 7.58. The molecule has 0 spiro atoms. The van der Waals surface area contributed by atoms with Gasteiger partial charge in [0.05, 0.1) is 11.4 Å². The first-order valence-corrected chi connectivity index (χ1v) is 8.84. The number of amides is 1. The minimum absolute atomic E-state index is 0.0591. The predicted octanol–water partition coefficient (Wildman–Crippen LogP) is 3.07. The van der Waals surface area contributed by atoms with Crippen LogP contribution in [0.5, 0.6) is 0 Å². The van der Waals surface area contributed by atoms with E-state index in [4.69, 9.17) is 11.6 Å². The van der Waals surface area contributed by atoms with Gasteiger partial charge in [0.1, 0.15) is 6.04 Å². The molecule has 0 bridgehead atoms. The Hall–Kier alpha value is -1.36. The van der Waals surface area contributed by atoms with Gasteiger partial charge in [-0.25, -0.2) is 0 Å². The lowest BCUT2D eigenvalue weighted by Gasteiger charge is -2.20. The fraction of sp³-hybridized carbons (Fsp3) is 0.353. The maximum Gasteiger partial charge on any atom is 0.279 e. The monoisotopic (exact) mass is 335 g/mol. The van der Waals surface area contributed by atoms with E-state index in [1.165, 1.54) is 22.6 Å². The number of nitrogens with one attached hydrogen (secondary N) is 2. The Morgan fingerprint density at radius 3 is 3.05 bits per heavy atom. The molecule has 1 aromatic carbocycles. The molecule has 1 aromatic heterocycles. The molecule has 2 N–H and O–H groups in total. The molecule has 5 heteroatoms. The van der Waals surface area contributed by atoms with E-state index < -0.39 is 0 Å². The van der Waals surface area contributed by atoms with E-state index >= 15 is 0 Å². The number of quaternary nitrogens is 1. The molecule has 1 unspecified atom stereocenters. The highest BCUT2D eigenvalue weighted by Gasteiger charge is 2.32. The number of benzene rings is 1. The van der Waals surface area contributed by atoms with Crippen LogP contribution in [0.1, 0.15) is 29.3 Å². The molecule has 1 aliphatic heterocycles. The van der Waals surface area contributed by atoms with Gasteiger partial charge < -0.3 is 10.2 Å². The summed E-state index contributed by atoms with van der Waals surface area (Å²) in [6.07, 6.45) is 2.35. The van der Waals surface area contributed by atoms with E-state index in [0.717, 1.165) is 17.8 Å². The lowest BCUT2D eigenvalue weighted by Crippen LogP contribution is -3.11. The van der Waals surface area contributed by atoms with E-state index in [-0.39, 0.29) is 5.91 Å². The smallest absolute Gasteiger partial charge is 0.279 e. The summed E-state index contributed by atoms with van der Waals surface area (Å²) in [6, 6.07) is 10.3. The third-order valence-corrected chi connectivity index (χ3v) is 5.69. The number of carbonyl (C=O) groups is 1. The van der Waals surface area contributed by atoms with Crippen LogP contribution < -0.4 is 10.2 Å². The maximum atomic E-state index is 12.4. The van der Waals surface area contributed by atoms with Crippen molar-refractivity contribution in [2.24, 2.45) is 0 Å². The summed E-state index contributed by atoms with van der Waals surface area (Å²) in [5.74, 6) is 0.0591. The Kier molecular flexibility index (Phi) is 4.81. The maximum absolute atomic E-state index is 12.4. The summed E-state index contributed by atoms with van der Waals surface area (Å²) in [4.78, 5) is 15.1. The summed E-state index contributed by atoms with van der Waals surface area (Å²) < 4.78 is 0. The van der Waals surface area contributed by atoms with Crippen molar-refractivity contribution in [3.63, 3.8) is 0 Å². The zero-order valence-electron chi connectivity index (χ0n) is 12.6. The summed E-state index contributed by atoms with van der Waals surface area (Å²) in [5, 5.41) is 5.80. The van der Waals surface area contributed by atoms with Crippen LogP contribution >= 0.6 is 22.9 Å². The van der Waals surface area contributed by atoms with Gasteiger partial charge in [0.15, 0.2) is 6.54 Å². The van der Waals surface area contributed by atoms with Crippen LogP contribution in [0.25, 0.3) is 0 Å². The summed E-state index contributed by atoms with van der Waals surface area (Å²) in [6.45, 7) is 3.49. The zero-order valence-corrected chi connectivity index (χ0v) is 14.1. The quantitative estimate of drug-likeness (QED) is 0.884. The molecule has 2 atom stereocenters. The van der Waals surface area contributed by atoms with Crippen LogP contribution in [0.2, 0.25) is 5.02 Å². The molecule has 0 radical (unpaired) electrons. The number of hydrogen-bond donors (Lipinski definition) is 2. The molecule has 1 aliphatic rings. The van der Waals surface area contributed by atoms with Crippen LogP contribution in [0.4, 0.5) is 5.69 Å². The van der Waals surface area contributed by atoms with Crippen molar-refractivity contribution in [1.29, 1.82) is 0 Å². The van der Waals surface area contributed by atoms with E-state index in [9.17, 15) is 4.79 Å². The Balaban J connectivity index is 1.65. The molecule has 0 aliphatic carbocycles. The SMILES string of the molecule is Cc1c(Cl)cccc1NC(=O)C[NH+]1CCC[C@@H]1c1cccs1. The second-order valence-corrected chi connectivity index (χ2v) is 7.14. The highest BCUT2D eigenvalue weighted by molar-refractivity contribution is 7.10. The number of hydrogen-bond acceptors (Lipinski definition) is 2. The summed E-state index contributed by atoms with van der Waals surface area (Å²) in [5.41, 5.74) is 1.73. The highest BCUT2D eigenvalue weighted by Crippen LogP contribution is 2.24. The average molecular weight is 336 g/mol. The lowest BCUT2D eigenvalue weighted by atomic mass is 10.2. The highest BCUT2D eigenvalue weighted by atomic mass is 35.5. The largest absolute Gasteiger partial charge is 0.321 e.